The van der Waals surface area contributed by atoms with Crippen molar-refractivity contribution in [3.8, 4) is 0 Å². The van der Waals surface area contributed by atoms with Crippen LogP contribution in [0.3, 0.4) is 0 Å². The number of aliphatic hydroxyl groups is 1. The third-order valence-electron chi connectivity index (χ3n) is 4.93. The Balaban J connectivity index is 1.74. The molecular formula is C19H24F2N4O3. The largest absolute Gasteiger partial charge is 0.462 e. The van der Waals surface area contributed by atoms with Crippen molar-refractivity contribution >= 4 is 5.97 Å². The van der Waals surface area contributed by atoms with Crippen LogP contribution in [0.4, 0.5) is 8.78 Å². The Morgan fingerprint density at radius 1 is 1.32 bits per heavy atom. The van der Waals surface area contributed by atoms with Gasteiger partial charge in [-0.05, 0) is 18.9 Å². The van der Waals surface area contributed by atoms with E-state index in [1.165, 1.54) is 23.4 Å². The molecule has 0 spiro atoms. The second kappa shape index (κ2) is 8.74. The van der Waals surface area contributed by atoms with Gasteiger partial charge in [0.1, 0.15) is 36.0 Å². The van der Waals surface area contributed by atoms with Crippen LogP contribution in [0.15, 0.2) is 30.9 Å². The molecular weight excluding hydrogens is 370 g/mol. The zero-order valence-corrected chi connectivity index (χ0v) is 15.7. The van der Waals surface area contributed by atoms with Crippen LogP contribution in [-0.4, -0.2) is 56.5 Å². The van der Waals surface area contributed by atoms with Gasteiger partial charge in [0.15, 0.2) is 0 Å². The molecule has 1 unspecified atom stereocenters. The van der Waals surface area contributed by atoms with Gasteiger partial charge in [-0.3, -0.25) is 9.69 Å². The molecule has 2 aromatic rings. The van der Waals surface area contributed by atoms with Crippen molar-refractivity contribution in [3.63, 3.8) is 0 Å². The summed E-state index contributed by atoms with van der Waals surface area (Å²) in [6, 6.07) is 3.15. The van der Waals surface area contributed by atoms with Gasteiger partial charge in [-0.2, -0.15) is 5.10 Å². The number of nitrogens with zero attached hydrogens (tertiary/aromatic N) is 4. The Morgan fingerprint density at radius 3 is 2.68 bits per heavy atom. The van der Waals surface area contributed by atoms with Gasteiger partial charge in [0, 0.05) is 37.7 Å². The van der Waals surface area contributed by atoms with Crippen molar-refractivity contribution in [2.24, 2.45) is 0 Å². The molecule has 2 heterocycles. The zero-order valence-electron chi connectivity index (χ0n) is 15.7. The highest BCUT2D eigenvalue weighted by Crippen LogP contribution is 2.29. The Labute approximate surface area is 161 Å². The number of ether oxygens (including phenoxy) is 1. The monoisotopic (exact) mass is 394 g/mol. The summed E-state index contributed by atoms with van der Waals surface area (Å²) in [6.45, 7) is 3.03. The van der Waals surface area contributed by atoms with Crippen LogP contribution in [0, 0.1) is 11.6 Å². The lowest BCUT2D eigenvalue weighted by molar-refractivity contribution is -0.151. The Bertz CT molecular complexity index is 794. The Morgan fingerprint density at radius 2 is 2.07 bits per heavy atom. The molecule has 1 aromatic carbocycles. The molecule has 1 saturated heterocycles. The highest BCUT2D eigenvalue weighted by molar-refractivity contribution is 5.69. The number of hydrogen-bond donors (Lipinski definition) is 1. The zero-order chi connectivity index (χ0) is 20.1. The summed E-state index contributed by atoms with van der Waals surface area (Å²) in [5.74, 6) is -1.74. The van der Waals surface area contributed by atoms with E-state index in [0.717, 1.165) is 12.1 Å². The minimum absolute atomic E-state index is 0.00364. The Hall–Kier alpha value is -2.39. The van der Waals surface area contributed by atoms with Gasteiger partial charge >= 0.3 is 5.97 Å². The van der Waals surface area contributed by atoms with Crippen molar-refractivity contribution in [1.29, 1.82) is 0 Å². The summed E-state index contributed by atoms with van der Waals surface area (Å²) in [4.78, 5) is 17.3. The summed E-state index contributed by atoms with van der Waals surface area (Å²) < 4.78 is 34.6. The normalized spacial score (nSPS) is 18.0. The summed E-state index contributed by atoms with van der Waals surface area (Å²) in [5.41, 5.74) is -1.62. The number of likely N-dealkylation sites (tertiary alicyclic amines) is 1. The predicted molar refractivity (Wildman–Crippen MR) is 96.1 cm³/mol. The third-order valence-corrected chi connectivity index (χ3v) is 4.93. The van der Waals surface area contributed by atoms with Crippen LogP contribution in [0.25, 0.3) is 0 Å². The lowest BCUT2D eigenvalue weighted by Crippen LogP contribution is -2.48. The fourth-order valence-corrected chi connectivity index (χ4v) is 3.49. The molecule has 3 rings (SSSR count). The molecule has 1 aliphatic rings. The Kier molecular flexibility index (Phi) is 6.35. The molecule has 1 atom stereocenters. The van der Waals surface area contributed by atoms with Gasteiger partial charge in [0.2, 0.25) is 0 Å². The minimum Gasteiger partial charge on any atom is -0.462 e. The first-order valence-corrected chi connectivity index (χ1v) is 9.32. The average Bonchev–Trinajstić information content (AvgIpc) is 3.15. The maximum atomic E-state index is 14.5. The second-order valence-electron chi connectivity index (χ2n) is 7.07. The number of carbonyl (C=O) groups is 1. The van der Waals surface area contributed by atoms with Crippen LogP contribution in [0.2, 0.25) is 0 Å². The van der Waals surface area contributed by atoms with Crippen LogP contribution < -0.4 is 0 Å². The first kappa shape index (κ1) is 20.3. The van der Waals surface area contributed by atoms with E-state index in [-0.39, 0.29) is 30.7 Å². The van der Waals surface area contributed by atoms with E-state index >= 15 is 0 Å². The van der Waals surface area contributed by atoms with Gasteiger partial charge in [-0.15, -0.1) is 0 Å². The van der Waals surface area contributed by atoms with Crippen molar-refractivity contribution in [2.45, 2.75) is 44.4 Å². The number of benzene rings is 1. The van der Waals surface area contributed by atoms with Crippen molar-refractivity contribution in [1.82, 2.24) is 19.7 Å². The number of halogens is 2. The second-order valence-corrected chi connectivity index (χ2v) is 7.07. The number of carbonyl (C=O) groups excluding carboxylic acids is 1. The SMILES string of the molecule is CCC(=O)OC1CCN(CC(O)(Cn2cncn2)c2ccc(F)cc2F)CC1. The molecule has 7 nitrogen and oxygen atoms in total. The van der Waals surface area contributed by atoms with Crippen molar-refractivity contribution < 1.29 is 23.4 Å². The fourth-order valence-electron chi connectivity index (χ4n) is 3.49. The highest BCUT2D eigenvalue weighted by atomic mass is 19.1. The summed E-state index contributed by atoms with van der Waals surface area (Å²) >= 11 is 0. The van der Waals surface area contributed by atoms with E-state index in [1.807, 2.05) is 4.90 Å². The molecule has 1 aromatic heterocycles. The molecule has 1 fully saturated rings. The van der Waals surface area contributed by atoms with Crippen LogP contribution in [0.5, 0.6) is 0 Å². The van der Waals surface area contributed by atoms with Crippen LogP contribution >= 0.6 is 0 Å². The molecule has 1 N–H and O–H groups in total. The highest BCUT2D eigenvalue weighted by Gasteiger charge is 2.36. The van der Waals surface area contributed by atoms with Crippen LogP contribution in [-0.2, 0) is 21.7 Å². The third kappa shape index (κ3) is 4.90. The first-order chi connectivity index (χ1) is 13.4. The summed E-state index contributed by atoms with van der Waals surface area (Å²) in [6.07, 6.45) is 4.22. The molecule has 9 heteroatoms. The standard InChI is InChI=1S/C19H24F2N4O3/c1-2-18(26)28-15-5-7-24(8-6-15)10-19(27,11-25-13-22-12-23-25)16-4-3-14(20)9-17(16)21/h3-4,9,12-13,15,27H,2,5-8,10-11H2,1H3. The van der Waals surface area contributed by atoms with E-state index in [9.17, 15) is 18.7 Å². The van der Waals surface area contributed by atoms with E-state index in [1.54, 1.807) is 6.92 Å². The van der Waals surface area contributed by atoms with Crippen molar-refractivity contribution in [2.75, 3.05) is 19.6 Å². The molecule has 28 heavy (non-hydrogen) atoms. The quantitative estimate of drug-likeness (QED) is 0.722. The van der Waals surface area contributed by atoms with Gasteiger partial charge in [-0.25, -0.2) is 18.4 Å². The molecule has 0 bridgehead atoms. The summed E-state index contributed by atoms with van der Waals surface area (Å²) in [7, 11) is 0. The minimum atomic E-state index is -1.63. The van der Waals surface area contributed by atoms with Gasteiger partial charge in [0.25, 0.3) is 0 Å². The number of piperidine rings is 1. The van der Waals surface area contributed by atoms with Gasteiger partial charge in [0.05, 0.1) is 6.54 Å². The van der Waals surface area contributed by atoms with Gasteiger partial charge < -0.3 is 9.84 Å². The molecule has 152 valence electrons. The number of β-amino-alcohol motifs (C(OH)–C–C–N with tert-alkyl or cyclic N) is 1. The lowest BCUT2D eigenvalue weighted by Gasteiger charge is -2.38. The maximum absolute atomic E-state index is 14.5. The lowest BCUT2D eigenvalue weighted by atomic mass is 9.91. The van der Waals surface area contributed by atoms with E-state index in [0.29, 0.717) is 32.4 Å². The van der Waals surface area contributed by atoms with E-state index in [2.05, 4.69) is 10.1 Å². The molecule has 0 amide bonds. The van der Waals surface area contributed by atoms with Crippen molar-refractivity contribution in [3.05, 3.63) is 48.1 Å². The average molecular weight is 394 g/mol. The first-order valence-electron chi connectivity index (χ1n) is 9.32. The number of hydrogen-bond acceptors (Lipinski definition) is 6. The molecule has 1 aliphatic heterocycles. The van der Waals surface area contributed by atoms with E-state index in [4.69, 9.17) is 4.74 Å². The topological polar surface area (TPSA) is 80.5 Å². The summed E-state index contributed by atoms with van der Waals surface area (Å²) in [5, 5.41) is 15.3. The molecule has 0 saturated carbocycles. The van der Waals surface area contributed by atoms with E-state index < -0.39 is 17.2 Å². The number of aromatic nitrogens is 3. The fraction of sp³-hybridized carbons (Fsp3) is 0.526. The predicted octanol–water partition coefficient (Wildman–Crippen LogP) is 1.86. The van der Waals surface area contributed by atoms with Crippen LogP contribution in [0.1, 0.15) is 31.7 Å². The smallest absolute Gasteiger partial charge is 0.305 e. The maximum Gasteiger partial charge on any atom is 0.305 e. The number of rotatable bonds is 7. The number of esters is 1. The van der Waals surface area contributed by atoms with Gasteiger partial charge in [-0.1, -0.05) is 13.0 Å². The molecule has 0 radical (unpaired) electrons. The molecule has 0 aliphatic carbocycles.